The van der Waals surface area contributed by atoms with Crippen LogP contribution in [0.25, 0.3) is 0 Å². The normalized spacial score (nSPS) is 11.4. The molecule has 0 saturated carbocycles. The highest BCUT2D eigenvalue weighted by Gasteiger charge is 2.04. The molecule has 0 radical (unpaired) electrons. The first-order valence-electron chi connectivity index (χ1n) is 6.92. The van der Waals surface area contributed by atoms with E-state index in [1.54, 1.807) is 7.11 Å². The maximum Gasteiger partial charge on any atom is 0.188 e. The molecule has 0 atom stereocenters. The molecule has 5 heteroatoms. The first-order chi connectivity index (χ1) is 9.67. The first-order valence-corrected chi connectivity index (χ1v) is 6.92. The number of nitrogens with two attached hydrogens (primary N) is 1. The molecular weight excluding hydrogens is 254 g/mol. The van der Waals surface area contributed by atoms with Crippen molar-refractivity contribution in [3.8, 4) is 5.75 Å². The summed E-state index contributed by atoms with van der Waals surface area (Å²) in [6.45, 7) is 6.55. The standard InChI is InChI=1S/C15H25N3O2/c1-4-7-17-15(16)18-11-13-6-5-12(2)10-14(13)20-9-8-19-3/h5-6,10H,4,7-9,11H2,1-3H3,(H3,16,17,18). The van der Waals surface area contributed by atoms with Gasteiger partial charge in [0, 0.05) is 19.2 Å². The molecule has 0 aliphatic heterocycles. The number of ether oxygens (including phenoxy) is 2. The topological polar surface area (TPSA) is 68.9 Å². The van der Waals surface area contributed by atoms with Gasteiger partial charge in [-0.1, -0.05) is 19.1 Å². The van der Waals surface area contributed by atoms with Gasteiger partial charge in [0.25, 0.3) is 0 Å². The molecule has 0 bridgehead atoms. The minimum atomic E-state index is 0.468. The van der Waals surface area contributed by atoms with Crippen LogP contribution in [0.15, 0.2) is 23.2 Å². The summed E-state index contributed by atoms with van der Waals surface area (Å²) in [5.74, 6) is 1.31. The Morgan fingerprint density at radius 1 is 1.35 bits per heavy atom. The Kier molecular flexibility index (Phi) is 7.50. The van der Waals surface area contributed by atoms with Crippen LogP contribution in [0.1, 0.15) is 24.5 Å². The van der Waals surface area contributed by atoms with Crippen molar-refractivity contribution in [2.75, 3.05) is 26.9 Å². The molecule has 0 aliphatic carbocycles. The van der Waals surface area contributed by atoms with E-state index >= 15 is 0 Å². The number of aliphatic imine (C=N–C) groups is 1. The van der Waals surface area contributed by atoms with Gasteiger partial charge < -0.3 is 20.5 Å². The molecule has 5 nitrogen and oxygen atoms in total. The fourth-order valence-electron chi connectivity index (χ4n) is 1.64. The molecule has 0 aliphatic rings. The van der Waals surface area contributed by atoms with Gasteiger partial charge >= 0.3 is 0 Å². The second-order valence-corrected chi connectivity index (χ2v) is 4.58. The van der Waals surface area contributed by atoms with E-state index < -0.39 is 0 Å². The van der Waals surface area contributed by atoms with Crippen molar-refractivity contribution < 1.29 is 9.47 Å². The number of hydrogen-bond donors (Lipinski definition) is 2. The second-order valence-electron chi connectivity index (χ2n) is 4.58. The van der Waals surface area contributed by atoms with E-state index in [9.17, 15) is 0 Å². The van der Waals surface area contributed by atoms with Crippen LogP contribution in [0.5, 0.6) is 5.75 Å². The van der Waals surface area contributed by atoms with Crippen molar-refractivity contribution in [3.63, 3.8) is 0 Å². The summed E-state index contributed by atoms with van der Waals surface area (Å²) in [7, 11) is 1.66. The molecule has 0 unspecified atom stereocenters. The number of rotatable bonds is 8. The summed E-state index contributed by atoms with van der Waals surface area (Å²) in [4.78, 5) is 4.32. The zero-order valence-electron chi connectivity index (χ0n) is 12.6. The minimum absolute atomic E-state index is 0.468. The Bertz CT molecular complexity index is 433. The van der Waals surface area contributed by atoms with Crippen LogP contribution < -0.4 is 15.8 Å². The lowest BCUT2D eigenvalue weighted by atomic mass is 10.1. The highest BCUT2D eigenvalue weighted by atomic mass is 16.5. The molecule has 0 amide bonds. The minimum Gasteiger partial charge on any atom is -0.491 e. The summed E-state index contributed by atoms with van der Waals surface area (Å²) in [6.07, 6.45) is 1.02. The van der Waals surface area contributed by atoms with Crippen LogP contribution in [0, 0.1) is 6.92 Å². The third-order valence-corrected chi connectivity index (χ3v) is 2.74. The van der Waals surface area contributed by atoms with Crippen molar-refractivity contribution >= 4 is 5.96 Å². The monoisotopic (exact) mass is 279 g/mol. The van der Waals surface area contributed by atoms with E-state index in [1.807, 2.05) is 25.1 Å². The SMILES string of the molecule is CCCNC(N)=NCc1ccc(C)cc1OCCOC. The fraction of sp³-hybridized carbons (Fsp3) is 0.533. The fourth-order valence-corrected chi connectivity index (χ4v) is 1.64. The molecule has 3 N–H and O–H groups in total. The highest BCUT2D eigenvalue weighted by Crippen LogP contribution is 2.21. The summed E-state index contributed by atoms with van der Waals surface area (Å²) >= 11 is 0. The number of nitrogens with zero attached hydrogens (tertiary/aromatic N) is 1. The van der Waals surface area contributed by atoms with E-state index in [1.165, 1.54) is 0 Å². The molecule has 112 valence electrons. The Morgan fingerprint density at radius 3 is 2.85 bits per heavy atom. The number of benzene rings is 1. The molecule has 20 heavy (non-hydrogen) atoms. The lowest BCUT2D eigenvalue weighted by molar-refractivity contribution is 0.146. The highest BCUT2D eigenvalue weighted by molar-refractivity contribution is 5.77. The van der Waals surface area contributed by atoms with Gasteiger partial charge in [-0.15, -0.1) is 0 Å². The van der Waals surface area contributed by atoms with Crippen molar-refractivity contribution in [1.29, 1.82) is 0 Å². The molecular formula is C15H25N3O2. The number of guanidine groups is 1. The second kappa shape index (κ2) is 9.20. The largest absolute Gasteiger partial charge is 0.491 e. The molecule has 0 aromatic heterocycles. The van der Waals surface area contributed by atoms with Gasteiger partial charge in [-0.25, -0.2) is 4.99 Å². The van der Waals surface area contributed by atoms with E-state index in [-0.39, 0.29) is 0 Å². The van der Waals surface area contributed by atoms with Crippen molar-refractivity contribution in [1.82, 2.24) is 5.32 Å². The predicted molar refractivity (Wildman–Crippen MR) is 82.2 cm³/mol. The van der Waals surface area contributed by atoms with Crippen molar-refractivity contribution in [2.45, 2.75) is 26.8 Å². The van der Waals surface area contributed by atoms with Crippen LogP contribution in [-0.2, 0) is 11.3 Å². The third kappa shape index (κ3) is 5.93. The number of hydrogen-bond acceptors (Lipinski definition) is 3. The molecule has 1 rings (SSSR count). The number of methoxy groups -OCH3 is 1. The van der Waals surface area contributed by atoms with E-state index in [2.05, 4.69) is 17.2 Å². The van der Waals surface area contributed by atoms with Gasteiger partial charge in [-0.2, -0.15) is 0 Å². The van der Waals surface area contributed by atoms with E-state index in [4.69, 9.17) is 15.2 Å². The summed E-state index contributed by atoms with van der Waals surface area (Å²) in [6, 6.07) is 6.08. The van der Waals surface area contributed by atoms with E-state index in [0.29, 0.717) is 25.7 Å². The van der Waals surface area contributed by atoms with Crippen LogP contribution in [0.4, 0.5) is 0 Å². The number of nitrogens with one attached hydrogen (secondary N) is 1. The molecule has 1 aromatic carbocycles. The molecule has 0 saturated heterocycles. The summed E-state index contributed by atoms with van der Waals surface area (Å²) in [5.41, 5.74) is 7.96. The van der Waals surface area contributed by atoms with Gasteiger partial charge in [0.05, 0.1) is 13.2 Å². The molecule has 0 fully saturated rings. The maximum absolute atomic E-state index is 5.79. The van der Waals surface area contributed by atoms with Crippen LogP contribution >= 0.6 is 0 Å². The lowest BCUT2D eigenvalue weighted by Crippen LogP contribution is -2.32. The zero-order chi connectivity index (χ0) is 14.8. The molecule has 0 spiro atoms. The first kappa shape index (κ1) is 16.3. The lowest BCUT2D eigenvalue weighted by Gasteiger charge is -2.11. The average molecular weight is 279 g/mol. The summed E-state index contributed by atoms with van der Waals surface area (Å²) in [5, 5.41) is 3.05. The van der Waals surface area contributed by atoms with Gasteiger partial charge in [0.2, 0.25) is 0 Å². The van der Waals surface area contributed by atoms with Crippen molar-refractivity contribution in [3.05, 3.63) is 29.3 Å². The van der Waals surface area contributed by atoms with Gasteiger partial charge in [0.1, 0.15) is 12.4 Å². The van der Waals surface area contributed by atoms with Gasteiger partial charge in [-0.05, 0) is 25.0 Å². The van der Waals surface area contributed by atoms with Gasteiger partial charge in [-0.3, -0.25) is 0 Å². The molecule has 0 heterocycles. The zero-order valence-corrected chi connectivity index (χ0v) is 12.6. The van der Waals surface area contributed by atoms with Crippen LogP contribution in [-0.4, -0.2) is 32.8 Å². The average Bonchev–Trinajstić information content (AvgIpc) is 2.44. The van der Waals surface area contributed by atoms with Crippen LogP contribution in [0.2, 0.25) is 0 Å². The summed E-state index contributed by atoms with van der Waals surface area (Å²) < 4.78 is 10.7. The predicted octanol–water partition coefficient (Wildman–Crippen LogP) is 1.83. The Morgan fingerprint density at radius 2 is 2.15 bits per heavy atom. The Labute approximate surface area is 121 Å². The quantitative estimate of drug-likeness (QED) is 0.433. The maximum atomic E-state index is 5.79. The smallest absolute Gasteiger partial charge is 0.188 e. The molecule has 1 aromatic rings. The Balaban J connectivity index is 2.67. The Hall–Kier alpha value is -1.75. The third-order valence-electron chi connectivity index (χ3n) is 2.74. The van der Waals surface area contributed by atoms with Gasteiger partial charge in [0.15, 0.2) is 5.96 Å². The van der Waals surface area contributed by atoms with E-state index in [0.717, 1.165) is 29.8 Å². The van der Waals surface area contributed by atoms with Crippen LogP contribution in [0.3, 0.4) is 0 Å². The number of aryl methyl sites for hydroxylation is 1. The van der Waals surface area contributed by atoms with Crippen molar-refractivity contribution in [2.24, 2.45) is 10.7 Å².